The van der Waals surface area contributed by atoms with Crippen molar-refractivity contribution in [1.29, 1.82) is 0 Å². The van der Waals surface area contributed by atoms with Crippen molar-refractivity contribution in [2.45, 2.75) is 51.2 Å². The highest BCUT2D eigenvalue weighted by Crippen LogP contribution is 2.21. The standard InChI is InChI=1S/C15H22N6O/c22-15(6-11-20-13-16-12-18-20)21-9-2-1-4-14(21)5-10-19-8-3-7-17-19/h3,7-8,12-14H,1-2,4-6,9-11H2/t14-/m0/s1. The van der Waals surface area contributed by atoms with Gasteiger partial charge >= 0.3 is 0 Å². The van der Waals surface area contributed by atoms with Crippen LogP contribution in [0.5, 0.6) is 0 Å². The number of amides is 1. The Morgan fingerprint density at radius 2 is 2.14 bits per heavy atom. The zero-order valence-corrected chi connectivity index (χ0v) is 12.7. The largest absolute Gasteiger partial charge is 0.340 e. The number of nitrogens with zero attached hydrogens (tertiary/aromatic N) is 6. The van der Waals surface area contributed by atoms with Crippen LogP contribution in [0.3, 0.4) is 0 Å². The van der Waals surface area contributed by atoms with E-state index in [9.17, 15) is 4.79 Å². The molecule has 0 bridgehead atoms. The lowest BCUT2D eigenvalue weighted by atomic mass is 9.99. The van der Waals surface area contributed by atoms with Crippen molar-refractivity contribution in [3.05, 3.63) is 31.1 Å². The Balaban J connectivity index is 1.53. The van der Waals surface area contributed by atoms with Crippen LogP contribution in [0.2, 0.25) is 0 Å². The lowest BCUT2D eigenvalue weighted by Crippen LogP contribution is -2.44. The van der Waals surface area contributed by atoms with Gasteiger partial charge in [0.2, 0.25) is 5.91 Å². The number of carbonyl (C=O) groups is 1. The van der Waals surface area contributed by atoms with E-state index in [2.05, 4.69) is 20.1 Å². The fourth-order valence-electron chi connectivity index (χ4n) is 3.05. The van der Waals surface area contributed by atoms with Gasteiger partial charge in [-0.15, -0.1) is 0 Å². The van der Waals surface area contributed by atoms with Gasteiger partial charge in [-0.3, -0.25) is 14.2 Å². The Labute approximate surface area is 129 Å². The average molecular weight is 302 g/mol. The first-order chi connectivity index (χ1) is 10.8. The van der Waals surface area contributed by atoms with Crippen LogP contribution in [-0.2, 0) is 17.9 Å². The zero-order chi connectivity index (χ0) is 15.2. The van der Waals surface area contributed by atoms with E-state index in [4.69, 9.17) is 0 Å². The molecule has 1 aliphatic heterocycles. The highest BCUT2D eigenvalue weighted by molar-refractivity contribution is 5.76. The van der Waals surface area contributed by atoms with Crippen LogP contribution in [0.1, 0.15) is 32.1 Å². The van der Waals surface area contributed by atoms with Crippen LogP contribution in [-0.4, -0.2) is 47.9 Å². The molecule has 3 heterocycles. The topological polar surface area (TPSA) is 68.8 Å². The predicted molar refractivity (Wildman–Crippen MR) is 80.8 cm³/mol. The van der Waals surface area contributed by atoms with Crippen molar-refractivity contribution in [1.82, 2.24) is 29.4 Å². The summed E-state index contributed by atoms with van der Waals surface area (Å²) in [4.78, 5) is 18.5. The fraction of sp³-hybridized carbons (Fsp3) is 0.600. The summed E-state index contributed by atoms with van der Waals surface area (Å²) in [5.74, 6) is 0.223. The number of piperidine rings is 1. The molecule has 1 amide bonds. The summed E-state index contributed by atoms with van der Waals surface area (Å²) in [5, 5.41) is 8.28. The number of carbonyl (C=O) groups excluding carboxylic acids is 1. The van der Waals surface area contributed by atoms with E-state index in [1.54, 1.807) is 17.2 Å². The molecule has 0 spiro atoms. The number of aromatic nitrogens is 5. The van der Waals surface area contributed by atoms with Crippen molar-refractivity contribution in [2.75, 3.05) is 6.54 Å². The molecule has 0 unspecified atom stereocenters. The molecule has 22 heavy (non-hydrogen) atoms. The van der Waals surface area contributed by atoms with E-state index in [1.165, 1.54) is 12.7 Å². The fourth-order valence-corrected chi connectivity index (χ4v) is 3.05. The SMILES string of the molecule is O=C(CCn1cncn1)N1CCCC[C@H]1CCn1cccn1. The third-order valence-corrected chi connectivity index (χ3v) is 4.22. The van der Waals surface area contributed by atoms with Crippen molar-refractivity contribution in [2.24, 2.45) is 0 Å². The molecule has 0 radical (unpaired) electrons. The van der Waals surface area contributed by atoms with Crippen molar-refractivity contribution in [3.63, 3.8) is 0 Å². The minimum absolute atomic E-state index is 0.223. The average Bonchev–Trinajstić information content (AvgIpc) is 3.24. The number of likely N-dealkylation sites (tertiary alicyclic amines) is 1. The van der Waals surface area contributed by atoms with E-state index in [1.807, 2.05) is 16.9 Å². The van der Waals surface area contributed by atoms with E-state index in [-0.39, 0.29) is 5.91 Å². The molecule has 7 heteroatoms. The first-order valence-corrected chi connectivity index (χ1v) is 7.92. The molecule has 0 aromatic carbocycles. The van der Waals surface area contributed by atoms with Crippen molar-refractivity contribution >= 4 is 5.91 Å². The van der Waals surface area contributed by atoms with Crippen molar-refractivity contribution in [3.8, 4) is 0 Å². The first kappa shape index (κ1) is 14.7. The molecule has 7 nitrogen and oxygen atoms in total. The maximum atomic E-state index is 12.5. The molecule has 3 rings (SSSR count). The molecule has 2 aromatic heterocycles. The summed E-state index contributed by atoms with van der Waals surface area (Å²) in [7, 11) is 0. The Morgan fingerprint density at radius 3 is 2.91 bits per heavy atom. The number of hydrogen-bond acceptors (Lipinski definition) is 4. The summed E-state index contributed by atoms with van der Waals surface area (Å²) < 4.78 is 3.65. The minimum Gasteiger partial charge on any atom is -0.340 e. The van der Waals surface area contributed by atoms with Gasteiger partial charge in [0.15, 0.2) is 0 Å². The second-order valence-corrected chi connectivity index (χ2v) is 5.70. The van der Waals surface area contributed by atoms with Crippen molar-refractivity contribution < 1.29 is 4.79 Å². The molecule has 1 saturated heterocycles. The molecule has 1 atom stereocenters. The Bertz CT molecular complexity index is 565. The van der Waals surface area contributed by atoms with Gasteiger partial charge in [0, 0.05) is 37.9 Å². The van der Waals surface area contributed by atoms with Crippen LogP contribution < -0.4 is 0 Å². The highest BCUT2D eigenvalue weighted by atomic mass is 16.2. The molecule has 118 valence electrons. The molecule has 0 N–H and O–H groups in total. The maximum Gasteiger partial charge on any atom is 0.224 e. The van der Waals surface area contributed by atoms with Gasteiger partial charge in [0.1, 0.15) is 12.7 Å². The molecule has 0 saturated carbocycles. The summed E-state index contributed by atoms with van der Waals surface area (Å²) in [6.45, 7) is 2.34. The summed E-state index contributed by atoms with van der Waals surface area (Å²) in [5.41, 5.74) is 0. The second kappa shape index (κ2) is 7.20. The van der Waals surface area contributed by atoms with E-state index in [0.29, 0.717) is 19.0 Å². The minimum atomic E-state index is 0.223. The van der Waals surface area contributed by atoms with Crippen LogP contribution in [0.25, 0.3) is 0 Å². The Morgan fingerprint density at radius 1 is 1.18 bits per heavy atom. The van der Waals surface area contributed by atoms with E-state index < -0.39 is 0 Å². The van der Waals surface area contributed by atoms with Gasteiger partial charge in [-0.05, 0) is 31.7 Å². The molecular formula is C15H22N6O. The maximum absolute atomic E-state index is 12.5. The van der Waals surface area contributed by atoms with Gasteiger partial charge in [-0.25, -0.2) is 4.98 Å². The first-order valence-electron chi connectivity index (χ1n) is 7.92. The van der Waals surface area contributed by atoms with Gasteiger partial charge < -0.3 is 4.90 Å². The van der Waals surface area contributed by atoms with Crippen LogP contribution >= 0.6 is 0 Å². The smallest absolute Gasteiger partial charge is 0.224 e. The Kier molecular flexibility index (Phi) is 4.82. The summed E-state index contributed by atoms with van der Waals surface area (Å²) in [6.07, 6.45) is 11.8. The summed E-state index contributed by atoms with van der Waals surface area (Å²) >= 11 is 0. The zero-order valence-electron chi connectivity index (χ0n) is 12.7. The monoisotopic (exact) mass is 302 g/mol. The number of hydrogen-bond donors (Lipinski definition) is 0. The van der Waals surface area contributed by atoms with Gasteiger partial charge in [-0.2, -0.15) is 10.2 Å². The normalized spacial score (nSPS) is 18.5. The molecule has 1 aliphatic rings. The number of aryl methyl sites for hydroxylation is 2. The lowest BCUT2D eigenvalue weighted by molar-refractivity contribution is -0.135. The molecule has 2 aromatic rings. The third kappa shape index (κ3) is 3.72. The molecular weight excluding hydrogens is 280 g/mol. The van der Waals surface area contributed by atoms with E-state index in [0.717, 1.165) is 32.4 Å². The van der Waals surface area contributed by atoms with Gasteiger partial charge in [0.05, 0.1) is 6.54 Å². The quantitative estimate of drug-likeness (QED) is 0.807. The predicted octanol–water partition coefficient (Wildman–Crippen LogP) is 1.34. The molecule has 1 fully saturated rings. The van der Waals surface area contributed by atoms with E-state index >= 15 is 0 Å². The van der Waals surface area contributed by atoms with Gasteiger partial charge in [0.25, 0.3) is 0 Å². The van der Waals surface area contributed by atoms with Crippen LogP contribution in [0.15, 0.2) is 31.1 Å². The highest BCUT2D eigenvalue weighted by Gasteiger charge is 2.26. The molecule has 0 aliphatic carbocycles. The van der Waals surface area contributed by atoms with Gasteiger partial charge in [-0.1, -0.05) is 0 Å². The van der Waals surface area contributed by atoms with Crippen LogP contribution in [0.4, 0.5) is 0 Å². The lowest BCUT2D eigenvalue weighted by Gasteiger charge is -2.36. The third-order valence-electron chi connectivity index (χ3n) is 4.22. The van der Waals surface area contributed by atoms with Crippen LogP contribution in [0, 0.1) is 0 Å². The summed E-state index contributed by atoms with van der Waals surface area (Å²) in [6, 6.07) is 2.27. The second-order valence-electron chi connectivity index (χ2n) is 5.70. The number of rotatable bonds is 6. The Hall–Kier alpha value is -2.18.